The maximum absolute atomic E-state index is 12.5. The van der Waals surface area contributed by atoms with E-state index in [1.165, 1.54) is 0 Å². The molecule has 0 atom stereocenters. The van der Waals surface area contributed by atoms with Crippen LogP contribution in [0, 0.1) is 6.20 Å². The number of rotatable bonds is 2. The molecule has 0 aliphatic heterocycles. The molecule has 0 bridgehead atoms. The average Bonchev–Trinajstić information content (AvgIpc) is 2.83. The summed E-state index contributed by atoms with van der Waals surface area (Å²) in [4.78, 5) is 0.235. The number of fused-ring (bicyclic) bond motifs is 1. The predicted octanol–water partition coefficient (Wildman–Crippen LogP) is 3.33. The molecule has 5 heteroatoms. The van der Waals surface area contributed by atoms with Crippen LogP contribution in [0.4, 0.5) is 0 Å². The number of benzene rings is 2. The van der Waals surface area contributed by atoms with Gasteiger partial charge in [-0.05, 0) is 36.4 Å². The van der Waals surface area contributed by atoms with Crippen LogP contribution in [0.15, 0.2) is 59.5 Å². The molecule has 19 heavy (non-hydrogen) atoms. The van der Waals surface area contributed by atoms with Crippen LogP contribution in [0.1, 0.15) is 0 Å². The third-order valence-electron chi connectivity index (χ3n) is 2.83. The van der Waals surface area contributed by atoms with Crippen molar-refractivity contribution < 1.29 is 8.42 Å². The summed E-state index contributed by atoms with van der Waals surface area (Å²) in [5.74, 6) is 0. The van der Waals surface area contributed by atoms with Crippen molar-refractivity contribution in [3.8, 4) is 0 Å². The quantitative estimate of drug-likeness (QED) is 0.726. The molecule has 0 aliphatic carbocycles. The van der Waals surface area contributed by atoms with Crippen LogP contribution in [-0.2, 0) is 10.0 Å². The highest BCUT2D eigenvalue weighted by atomic mass is 35.5. The monoisotopic (exact) mass is 290 g/mol. The van der Waals surface area contributed by atoms with Crippen LogP contribution in [0.25, 0.3) is 10.9 Å². The van der Waals surface area contributed by atoms with Gasteiger partial charge in [-0.25, -0.2) is 12.4 Å². The molecule has 0 saturated heterocycles. The molecule has 0 amide bonds. The Morgan fingerprint density at radius 3 is 2.53 bits per heavy atom. The van der Waals surface area contributed by atoms with E-state index in [9.17, 15) is 8.42 Å². The molecule has 3 rings (SSSR count). The van der Waals surface area contributed by atoms with Crippen LogP contribution in [0.2, 0.25) is 5.02 Å². The summed E-state index contributed by atoms with van der Waals surface area (Å²) in [6.45, 7) is 0. The van der Waals surface area contributed by atoms with Gasteiger partial charge < -0.3 is 0 Å². The molecular formula is C14H9ClNO2S. The van der Waals surface area contributed by atoms with Gasteiger partial charge in [-0.2, -0.15) is 0 Å². The lowest BCUT2D eigenvalue weighted by Crippen LogP contribution is -2.11. The van der Waals surface area contributed by atoms with E-state index < -0.39 is 10.0 Å². The zero-order chi connectivity index (χ0) is 13.5. The fourth-order valence-corrected chi connectivity index (χ4v) is 3.43. The van der Waals surface area contributed by atoms with Crippen molar-refractivity contribution in [3.05, 3.63) is 65.8 Å². The topological polar surface area (TPSA) is 39.1 Å². The Bertz CT molecular complexity index is 838. The van der Waals surface area contributed by atoms with E-state index in [-0.39, 0.29) is 4.90 Å². The Morgan fingerprint density at radius 2 is 1.79 bits per heavy atom. The highest BCUT2D eigenvalue weighted by Gasteiger charge is 2.18. The normalized spacial score (nSPS) is 11.8. The summed E-state index contributed by atoms with van der Waals surface area (Å²) in [6.07, 6.45) is 2.75. The number of nitrogens with zero attached hydrogens (tertiary/aromatic N) is 1. The van der Waals surface area contributed by atoms with Crippen molar-refractivity contribution in [2.24, 2.45) is 0 Å². The minimum atomic E-state index is -3.62. The summed E-state index contributed by atoms with van der Waals surface area (Å²) in [5.41, 5.74) is 0.563. The number of hydrogen-bond donors (Lipinski definition) is 0. The van der Waals surface area contributed by atoms with Crippen molar-refractivity contribution >= 4 is 32.5 Å². The van der Waals surface area contributed by atoms with Crippen LogP contribution >= 0.6 is 11.6 Å². The fourth-order valence-electron chi connectivity index (χ4n) is 1.92. The van der Waals surface area contributed by atoms with Crippen molar-refractivity contribution in [3.63, 3.8) is 0 Å². The van der Waals surface area contributed by atoms with Crippen LogP contribution in [0.3, 0.4) is 0 Å². The van der Waals surface area contributed by atoms with Crippen molar-refractivity contribution in [1.82, 2.24) is 3.97 Å². The third kappa shape index (κ3) is 2.03. The molecule has 0 fully saturated rings. The summed E-state index contributed by atoms with van der Waals surface area (Å²) in [6, 6.07) is 14.9. The molecule has 0 saturated carbocycles. The average molecular weight is 291 g/mol. The number of hydrogen-bond acceptors (Lipinski definition) is 2. The molecule has 95 valence electrons. The van der Waals surface area contributed by atoms with E-state index in [2.05, 4.69) is 6.20 Å². The molecule has 1 heterocycles. The molecule has 0 N–H and O–H groups in total. The van der Waals surface area contributed by atoms with Crippen LogP contribution in [0.5, 0.6) is 0 Å². The number of aromatic nitrogens is 1. The van der Waals surface area contributed by atoms with E-state index in [1.54, 1.807) is 54.6 Å². The van der Waals surface area contributed by atoms with Gasteiger partial charge in [0.2, 0.25) is 0 Å². The first-order chi connectivity index (χ1) is 9.09. The molecular weight excluding hydrogens is 282 g/mol. The van der Waals surface area contributed by atoms with Gasteiger partial charge in [0.25, 0.3) is 10.0 Å². The van der Waals surface area contributed by atoms with E-state index in [4.69, 9.17) is 11.6 Å². The molecule has 0 spiro atoms. The molecule has 1 aromatic heterocycles. The molecule has 3 aromatic rings. The minimum absolute atomic E-state index is 0.235. The highest BCUT2D eigenvalue weighted by Crippen LogP contribution is 2.24. The SMILES string of the molecule is O=S(=O)(c1ccccc1)n1[c]cc2cc(Cl)ccc21. The molecule has 0 aliphatic rings. The van der Waals surface area contributed by atoms with Gasteiger partial charge in [-0.3, -0.25) is 0 Å². The first-order valence-electron chi connectivity index (χ1n) is 5.58. The summed E-state index contributed by atoms with van der Waals surface area (Å²) in [7, 11) is -3.62. The van der Waals surface area contributed by atoms with Crippen molar-refractivity contribution in [2.45, 2.75) is 4.90 Å². The van der Waals surface area contributed by atoms with E-state index in [1.807, 2.05) is 0 Å². The van der Waals surface area contributed by atoms with Crippen molar-refractivity contribution in [1.29, 1.82) is 0 Å². The van der Waals surface area contributed by atoms with Crippen molar-refractivity contribution in [2.75, 3.05) is 0 Å². The second kappa shape index (κ2) is 4.40. The predicted molar refractivity (Wildman–Crippen MR) is 74.8 cm³/mol. The first-order valence-corrected chi connectivity index (χ1v) is 7.40. The standard InChI is InChI=1S/C14H9ClNO2S/c15-12-6-7-14-11(10-12)8-9-16(14)19(17,18)13-4-2-1-3-5-13/h1-8,10H. The van der Waals surface area contributed by atoms with Gasteiger partial charge >= 0.3 is 0 Å². The Morgan fingerprint density at radius 1 is 1.05 bits per heavy atom. The van der Waals surface area contributed by atoms with Crippen LogP contribution < -0.4 is 0 Å². The third-order valence-corrected chi connectivity index (χ3v) is 4.71. The van der Waals surface area contributed by atoms with Gasteiger partial charge in [0.05, 0.1) is 16.6 Å². The zero-order valence-electron chi connectivity index (χ0n) is 9.75. The van der Waals surface area contributed by atoms with Crippen LogP contribution in [-0.4, -0.2) is 12.4 Å². The zero-order valence-corrected chi connectivity index (χ0v) is 11.3. The Hall–Kier alpha value is -1.78. The fraction of sp³-hybridized carbons (Fsp3) is 0. The van der Waals surface area contributed by atoms with Gasteiger partial charge in [0.15, 0.2) is 0 Å². The highest BCUT2D eigenvalue weighted by molar-refractivity contribution is 7.90. The summed E-state index contributed by atoms with van der Waals surface area (Å²) in [5, 5.41) is 1.31. The first kappa shape index (κ1) is 12.3. The lowest BCUT2D eigenvalue weighted by atomic mass is 10.2. The second-order valence-corrected chi connectivity index (χ2v) is 6.28. The minimum Gasteiger partial charge on any atom is -0.232 e. The Kier molecular flexibility index (Phi) is 2.84. The molecule has 1 radical (unpaired) electrons. The maximum atomic E-state index is 12.5. The smallest absolute Gasteiger partial charge is 0.232 e. The largest absolute Gasteiger partial charge is 0.268 e. The van der Waals surface area contributed by atoms with E-state index in [0.717, 1.165) is 9.36 Å². The van der Waals surface area contributed by atoms with Gasteiger partial charge in [-0.1, -0.05) is 29.8 Å². The number of halogens is 1. The summed E-state index contributed by atoms with van der Waals surface area (Å²) >= 11 is 5.89. The van der Waals surface area contributed by atoms with Gasteiger partial charge in [0.1, 0.15) is 0 Å². The maximum Gasteiger partial charge on any atom is 0.268 e. The Labute approximate surface area is 116 Å². The lowest BCUT2D eigenvalue weighted by Gasteiger charge is -2.06. The second-order valence-electron chi connectivity index (χ2n) is 4.06. The van der Waals surface area contributed by atoms with Gasteiger partial charge in [-0.15, -0.1) is 0 Å². The summed E-state index contributed by atoms with van der Waals surface area (Å²) < 4.78 is 26.1. The van der Waals surface area contributed by atoms with Gasteiger partial charge in [0, 0.05) is 10.4 Å². The molecule has 2 aromatic carbocycles. The Balaban J connectivity index is 2.25. The molecule has 0 unspecified atom stereocenters. The lowest BCUT2D eigenvalue weighted by molar-refractivity contribution is 0.589. The molecule has 3 nitrogen and oxygen atoms in total. The van der Waals surface area contributed by atoms with E-state index in [0.29, 0.717) is 10.5 Å². The van der Waals surface area contributed by atoms with E-state index >= 15 is 0 Å².